The molecule has 2 saturated carbocycles. The van der Waals surface area contributed by atoms with E-state index in [4.69, 9.17) is 0 Å². The van der Waals surface area contributed by atoms with Crippen LogP contribution in [-0.4, -0.2) is 58.8 Å². The third-order valence-electron chi connectivity index (χ3n) is 7.66. The minimum atomic E-state index is -3.56. The summed E-state index contributed by atoms with van der Waals surface area (Å²) >= 11 is 1.39. The Bertz CT molecular complexity index is 1230. The van der Waals surface area contributed by atoms with E-state index in [1.807, 2.05) is 6.92 Å². The first-order valence-electron chi connectivity index (χ1n) is 13.2. The van der Waals surface area contributed by atoms with Crippen LogP contribution in [0.4, 0.5) is 5.13 Å². The Morgan fingerprint density at radius 3 is 1.89 bits per heavy atom. The summed E-state index contributed by atoms with van der Waals surface area (Å²) in [6.45, 7) is 14.1. The molecular formula is C26H44N2O7S3. The van der Waals surface area contributed by atoms with Crippen LogP contribution in [0.25, 0.3) is 0 Å². The molecule has 1 amide bonds. The predicted molar refractivity (Wildman–Crippen MR) is 152 cm³/mol. The lowest BCUT2D eigenvalue weighted by Gasteiger charge is -2.40. The minimum absolute atomic E-state index is 0.0652. The molecule has 3 rings (SSSR count). The van der Waals surface area contributed by atoms with Crippen LogP contribution in [0, 0.1) is 6.92 Å². The summed E-state index contributed by atoms with van der Waals surface area (Å²) in [7, 11) is -7.05. The summed E-state index contributed by atoms with van der Waals surface area (Å²) in [4.78, 5) is 29.1. The Labute approximate surface area is 232 Å². The molecule has 0 atom stereocenters. The van der Waals surface area contributed by atoms with Gasteiger partial charge in [-0.05, 0) is 72.1 Å². The molecule has 0 saturated heterocycles. The summed E-state index contributed by atoms with van der Waals surface area (Å²) in [6.07, 6.45) is 5.54. The highest BCUT2D eigenvalue weighted by Gasteiger charge is 2.57. The number of thiazole rings is 1. The summed E-state index contributed by atoms with van der Waals surface area (Å²) in [6, 6.07) is 0. The molecule has 12 heteroatoms. The van der Waals surface area contributed by atoms with Crippen molar-refractivity contribution in [1.29, 1.82) is 0 Å². The molecular weight excluding hydrogens is 548 g/mol. The third-order valence-corrected chi connectivity index (χ3v) is 15.0. The molecule has 1 aromatic heterocycles. The van der Waals surface area contributed by atoms with E-state index in [2.05, 4.69) is 31.1 Å². The maximum absolute atomic E-state index is 12.4. The van der Waals surface area contributed by atoms with E-state index in [9.17, 15) is 31.5 Å². The number of carbonyl (C=O) groups excluding carboxylic acids is 1. The SMILES string of the molecule is Cc1nc(NC(=O)C(C)(C)S(=O)(=O)C(C)C)sc1C(C)(C)C.O=C(O)C1(S(=O)(=O)C2CCCCC2)CCC1. The normalized spacial score (nSPS) is 18.8. The van der Waals surface area contributed by atoms with Gasteiger partial charge in [-0.2, -0.15) is 0 Å². The molecule has 9 nitrogen and oxygen atoms in total. The lowest BCUT2D eigenvalue weighted by molar-refractivity contribution is -0.142. The first-order valence-corrected chi connectivity index (χ1v) is 17.1. The molecule has 0 aromatic carbocycles. The van der Waals surface area contributed by atoms with Gasteiger partial charge in [0.2, 0.25) is 5.91 Å². The van der Waals surface area contributed by atoms with E-state index in [1.54, 1.807) is 13.8 Å². The van der Waals surface area contributed by atoms with Gasteiger partial charge in [0.05, 0.1) is 16.2 Å². The quantitative estimate of drug-likeness (QED) is 0.448. The number of carboxylic acids is 1. The number of sulfone groups is 2. The lowest BCUT2D eigenvalue weighted by atomic mass is 9.84. The van der Waals surface area contributed by atoms with Gasteiger partial charge in [-0.15, -0.1) is 11.3 Å². The molecule has 1 heterocycles. The average Bonchev–Trinajstić information content (AvgIpc) is 3.13. The van der Waals surface area contributed by atoms with Crippen LogP contribution in [0.1, 0.15) is 110 Å². The predicted octanol–water partition coefficient (Wildman–Crippen LogP) is 5.03. The van der Waals surface area contributed by atoms with Gasteiger partial charge in [-0.3, -0.25) is 9.59 Å². The zero-order chi connectivity index (χ0) is 29.3. The second kappa shape index (κ2) is 11.5. The van der Waals surface area contributed by atoms with E-state index < -0.39 is 51.5 Å². The fraction of sp³-hybridized carbons (Fsp3) is 0.808. The van der Waals surface area contributed by atoms with E-state index in [-0.39, 0.29) is 5.41 Å². The van der Waals surface area contributed by atoms with Gasteiger partial charge in [0.1, 0.15) is 4.75 Å². The number of anilines is 1. The highest BCUT2D eigenvalue weighted by molar-refractivity contribution is 7.94. The maximum Gasteiger partial charge on any atom is 0.325 e. The number of aromatic nitrogens is 1. The number of carbonyl (C=O) groups is 2. The van der Waals surface area contributed by atoms with Gasteiger partial charge in [0.25, 0.3) is 0 Å². The Hall–Kier alpha value is -1.53. The molecule has 2 aliphatic carbocycles. The molecule has 218 valence electrons. The van der Waals surface area contributed by atoms with E-state index >= 15 is 0 Å². The van der Waals surface area contributed by atoms with Gasteiger partial charge in [-0.1, -0.05) is 40.0 Å². The summed E-state index contributed by atoms with van der Waals surface area (Å²) in [5.74, 6) is -1.68. The molecule has 0 spiro atoms. The summed E-state index contributed by atoms with van der Waals surface area (Å²) < 4.78 is 46.4. The molecule has 0 unspecified atom stereocenters. The van der Waals surface area contributed by atoms with Gasteiger partial charge in [0, 0.05) is 4.88 Å². The zero-order valence-corrected chi connectivity index (χ0v) is 26.3. The number of nitrogens with one attached hydrogen (secondary N) is 1. The third kappa shape index (κ3) is 6.27. The van der Waals surface area contributed by atoms with Crippen LogP contribution < -0.4 is 5.32 Å². The van der Waals surface area contributed by atoms with E-state index in [0.29, 0.717) is 30.8 Å². The molecule has 38 heavy (non-hydrogen) atoms. The minimum Gasteiger partial charge on any atom is -0.480 e. The number of hydrogen-bond acceptors (Lipinski definition) is 8. The lowest BCUT2D eigenvalue weighted by Crippen LogP contribution is -2.55. The first-order chi connectivity index (χ1) is 17.2. The second-order valence-electron chi connectivity index (χ2n) is 12.2. The topological polar surface area (TPSA) is 148 Å². The van der Waals surface area contributed by atoms with Crippen molar-refractivity contribution in [2.45, 2.75) is 132 Å². The fourth-order valence-electron chi connectivity index (χ4n) is 4.92. The van der Waals surface area contributed by atoms with Crippen molar-refractivity contribution in [2.24, 2.45) is 0 Å². The van der Waals surface area contributed by atoms with Gasteiger partial charge in [-0.25, -0.2) is 21.8 Å². The van der Waals surface area contributed by atoms with Crippen molar-refractivity contribution in [3.8, 4) is 0 Å². The highest BCUT2D eigenvalue weighted by Crippen LogP contribution is 2.44. The van der Waals surface area contributed by atoms with Gasteiger partial charge in [0.15, 0.2) is 29.6 Å². The van der Waals surface area contributed by atoms with Crippen molar-refractivity contribution < 1.29 is 31.5 Å². The number of aryl methyl sites for hydroxylation is 1. The van der Waals surface area contributed by atoms with Crippen molar-refractivity contribution in [3.05, 3.63) is 10.6 Å². The van der Waals surface area contributed by atoms with Crippen molar-refractivity contribution in [2.75, 3.05) is 5.32 Å². The number of rotatable bonds is 7. The zero-order valence-electron chi connectivity index (χ0n) is 23.9. The largest absolute Gasteiger partial charge is 0.480 e. The smallest absolute Gasteiger partial charge is 0.325 e. The standard InChI is InChI=1S/C15H26N2O3S2.C11H18O4S/c1-9(2)22(19,20)15(7,8)12(18)17-13-16-10(3)11(21-13)14(4,5)6;12-10(13)11(7-4-8-11)16(14,15)9-5-2-1-3-6-9/h9H,1-8H3,(H,16,17,18);9H,1-8H2,(H,12,13). The molecule has 2 fully saturated rings. The number of nitrogens with zero attached hydrogens (tertiary/aromatic N) is 1. The van der Waals surface area contributed by atoms with Crippen LogP contribution in [0.15, 0.2) is 0 Å². The highest BCUT2D eigenvalue weighted by atomic mass is 32.2. The Morgan fingerprint density at radius 2 is 1.53 bits per heavy atom. The van der Waals surface area contributed by atoms with Crippen LogP contribution >= 0.6 is 11.3 Å². The van der Waals surface area contributed by atoms with Crippen molar-refractivity contribution in [1.82, 2.24) is 4.98 Å². The molecule has 2 N–H and O–H groups in total. The molecule has 2 aliphatic rings. The Morgan fingerprint density at radius 1 is 1.00 bits per heavy atom. The van der Waals surface area contributed by atoms with Gasteiger partial charge >= 0.3 is 5.97 Å². The molecule has 0 aliphatic heterocycles. The monoisotopic (exact) mass is 592 g/mol. The summed E-state index contributed by atoms with van der Waals surface area (Å²) in [5.41, 5.74) is 0.793. The molecule has 0 bridgehead atoms. The average molecular weight is 593 g/mol. The fourth-order valence-corrected chi connectivity index (χ4v) is 10.1. The molecule has 0 radical (unpaired) electrons. The number of aliphatic carboxylic acids is 1. The van der Waals surface area contributed by atoms with E-state index in [0.717, 1.165) is 36.3 Å². The Kier molecular flexibility index (Phi) is 9.91. The molecule has 1 aromatic rings. The maximum atomic E-state index is 12.4. The number of carboxylic acid groups (broad SMARTS) is 1. The Balaban J connectivity index is 0.000000279. The van der Waals surface area contributed by atoms with E-state index in [1.165, 1.54) is 25.2 Å². The van der Waals surface area contributed by atoms with Crippen LogP contribution in [-0.2, 0) is 34.7 Å². The first kappa shape index (κ1) is 32.7. The number of hydrogen-bond donors (Lipinski definition) is 2. The summed E-state index contributed by atoms with van der Waals surface area (Å²) in [5, 5.41) is 11.3. The second-order valence-corrected chi connectivity index (χ2v) is 18.8. The van der Waals surface area contributed by atoms with Crippen LogP contribution in [0.3, 0.4) is 0 Å². The van der Waals surface area contributed by atoms with Crippen molar-refractivity contribution >= 4 is 48.0 Å². The van der Waals surface area contributed by atoms with Gasteiger partial charge < -0.3 is 10.4 Å². The van der Waals surface area contributed by atoms with Crippen LogP contribution in [0.2, 0.25) is 0 Å². The van der Waals surface area contributed by atoms with Crippen LogP contribution in [0.5, 0.6) is 0 Å². The van der Waals surface area contributed by atoms with Crippen molar-refractivity contribution in [3.63, 3.8) is 0 Å². The number of amides is 1.